The van der Waals surface area contributed by atoms with Crippen LogP contribution in [0.25, 0.3) is 0 Å². The normalized spacial score (nSPS) is 12.3. The summed E-state index contributed by atoms with van der Waals surface area (Å²) < 4.78 is 2.24. The second kappa shape index (κ2) is 7.13. The number of hydrogen-bond donors (Lipinski definition) is 1. The molecule has 0 saturated heterocycles. The van der Waals surface area contributed by atoms with E-state index in [2.05, 4.69) is 65.2 Å². The number of imidazole rings is 1. The lowest BCUT2D eigenvalue weighted by Gasteiger charge is -2.14. The van der Waals surface area contributed by atoms with Crippen molar-refractivity contribution < 1.29 is 0 Å². The van der Waals surface area contributed by atoms with Crippen molar-refractivity contribution in [3.8, 4) is 0 Å². The van der Waals surface area contributed by atoms with E-state index in [4.69, 9.17) is 0 Å². The summed E-state index contributed by atoms with van der Waals surface area (Å²) in [6, 6.07) is 10.7. The van der Waals surface area contributed by atoms with Crippen LogP contribution in [0.2, 0.25) is 0 Å². The lowest BCUT2D eigenvalue weighted by molar-refractivity contribution is 0.578. The predicted molar refractivity (Wildman–Crippen MR) is 85.2 cm³/mol. The van der Waals surface area contributed by atoms with Crippen molar-refractivity contribution in [2.45, 2.75) is 46.1 Å². The van der Waals surface area contributed by atoms with Crippen LogP contribution in [0.15, 0.2) is 36.5 Å². The third kappa shape index (κ3) is 3.86. The molecule has 0 amide bonds. The minimum absolute atomic E-state index is 0.568. The van der Waals surface area contributed by atoms with Crippen molar-refractivity contribution in [2.75, 3.05) is 11.9 Å². The molecule has 3 nitrogen and oxygen atoms in total. The molecule has 0 spiro atoms. The fourth-order valence-electron chi connectivity index (χ4n) is 2.38. The Hall–Kier alpha value is -1.77. The molecule has 1 aromatic carbocycles. The molecular weight excluding hydrogens is 246 g/mol. The van der Waals surface area contributed by atoms with Crippen LogP contribution in [0.1, 0.15) is 43.9 Å². The highest BCUT2D eigenvalue weighted by molar-refractivity contribution is 5.28. The Morgan fingerprint density at radius 1 is 1.25 bits per heavy atom. The van der Waals surface area contributed by atoms with E-state index in [9.17, 15) is 0 Å². The molecule has 1 aromatic heterocycles. The molecule has 1 unspecified atom stereocenters. The molecule has 2 rings (SSSR count). The molecule has 0 aliphatic carbocycles. The van der Waals surface area contributed by atoms with Gasteiger partial charge in [0.2, 0.25) is 5.95 Å². The molecular formula is C17H25N3. The van der Waals surface area contributed by atoms with Crippen LogP contribution < -0.4 is 5.32 Å². The third-order valence-corrected chi connectivity index (χ3v) is 3.60. The average molecular weight is 271 g/mol. The number of benzene rings is 1. The topological polar surface area (TPSA) is 29.9 Å². The van der Waals surface area contributed by atoms with Crippen molar-refractivity contribution in [3.05, 3.63) is 47.8 Å². The predicted octanol–water partition coefficient (Wildman–Crippen LogP) is 4.21. The first kappa shape index (κ1) is 14.6. The van der Waals surface area contributed by atoms with E-state index in [1.54, 1.807) is 0 Å². The smallest absolute Gasteiger partial charge is 0.203 e. The quantitative estimate of drug-likeness (QED) is 0.817. The van der Waals surface area contributed by atoms with Crippen molar-refractivity contribution in [1.29, 1.82) is 0 Å². The van der Waals surface area contributed by atoms with Gasteiger partial charge in [-0.15, -0.1) is 0 Å². The minimum atomic E-state index is 0.568. The van der Waals surface area contributed by atoms with Crippen LogP contribution in [-0.4, -0.2) is 16.1 Å². The molecule has 0 aliphatic rings. The van der Waals surface area contributed by atoms with Gasteiger partial charge in [0.15, 0.2) is 0 Å². The maximum Gasteiger partial charge on any atom is 0.203 e. The van der Waals surface area contributed by atoms with Gasteiger partial charge >= 0.3 is 0 Å². The van der Waals surface area contributed by atoms with Crippen LogP contribution in [-0.2, 0) is 6.54 Å². The molecule has 1 heterocycles. The van der Waals surface area contributed by atoms with Crippen LogP contribution in [0.4, 0.5) is 5.95 Å². The number of nitrogens with one attached hydrogen (secondary N) is 1. The molecule has 0 aliphatic heterocycles. The van der Waals surface area contributed by atoms with Crippen LogP contribution in [0.5, 0.6) is 0 Å². The van der Waals surface area contributed by atoms with Gasteiger partial charge in [-0.05, 0) is 31.2 Å². The number of aryl methyl sites for hydroxylation is 2. The lowest BCUT2D eigenvalue weighted by Crippen LogP contribution is -2.09. The molecule has 0 bridgehead atoms. The van der Waals surface area contributed by atoms with E-state index in [0.29, 0.717) is 5.92 Å². The van der Waals surface area contributed by atoms with E-state index in [1.807, 2.05) is 6.92 Å². The second-order valence-corrected chi connectivity index (χ2v) is 5.43. The lowest BCUT2D eigenvalue weighted by atomic mass is 9.98. The number of hydrogen-bond acceptors (Lipinski definition) is 2. The molecule has 0 radical (unpaired) electrons. The molecule has 0 saturated carbocycles. The van der Waals surface area contributed by atoms with E-state index in [-0.39, 0.29) is 0 Å². The maximum atomic E-state index is 4.55. The molecule has 0 fully saturated rings. The largest absolute Gasteiger partial charge is 0.356 e. The summed E-state index contributed by atoms with van der Waals surface area (Å²) >= 11 is 0. The monoisotopic (exact) mass is 271 g/mol. The van der Waals surface area contributed by atoms with Gasteiger partial charge < -0.3 is 9.88 Å². The second-order valence-electron chi connectivity index (χ2n) is 5.43. The van der Waals surface area contributed by atoms with Crippen molar-refractivity contribution in [2.24, 2.45) is 0 Å². The number of rotatable bonds is 7. The zero-order chi connectivity index (χ0) is 14.4. The van der Waals surface area contributed by atoms with Crippen LogP contribution in [0, 0.1) is 6.92 Å². The summed E-state index contributed by atoms with van der Waals surface area (Å²) in [6.07, 6.45) is 4.38. The first-order chi connectivity index (χ1) is 9.70. The highest BCUT2D eigenvalue weighted by Gasteiger charge is 2.08. The molecule has 2 aromatic rings. The summed E-state index contributed by atoms with van der Waals surface area (Å²) in [5.74, 6) is 1.57. The van der Waals surface area contributed by atoms with Gasteiger partial charge in [-0.3, -0.25) is 0 Å². The van der Waals surface area contributed by atoms with Gasteiger partial charge in [0.25, 0.3) is 0 Å². The average Bonchev–Trinajstić information content (AvgIpc) is 2.83. The molecule has 108 valence electrons. The van der Waals surface area contributed by atoms with Gasteiger partial charge in [-0.2, -0.15) is 0 Å². The summed E-state index contributed by atoms with van der Waals surface area (Å²) in [4.78, 5) is 4.55. The summed E-state index contributed by atoms with van der Waals surface area (Å²) in [5.41, 5.74) is 2.49. The maximum absolute atomic E-state index is 4.55. The van der Waals surface area contributed by atoms with Gasteiger partial charge in [0.05, 0.1) is 5.69 Å². The minimum Gasteiger partial charge on any atom is -0.356 e. The first-order valence-corrected chi connectivity index (χ1v) is 7.53. The number of nitrogens with zero attached hydrogens (tertiary/aromatic N) is 2. The Morgan fingerprint density at radius 2 is 2.00 bits per heavy atom. The molecule has 3 heteroatoms. The highest BCUT2D eigenvalue weighted by atomic mass is 15.2. The van der Waals surface area contributed by atoms with Crippen molar-refractivity contribution in [1.82, 2.24) is 9.55 Å². The van der Waals surface area contributed by atoms with E-state index in [0.717, 1.165) is 37.6 Å². The van der Waals surface area contributed by atoms with E-state index < -0.39 is 0 Å². The van der Waals surface area contributed by atoms with Gasteiger partial charge in [0.1, 0.15) is 0 Å². The molecule has 20 heavy (non-hydrogen) atoms. The zero-order valence-corrected chi connectivity index (χ0v) is 12.8. The van der Waals surface area contributed by atoms with Crippen molar-refractivity contribution in [3.63, 3.8) is 0 Å². The van der Waals surface area contributed by atoms with Gasteiger partial charge in [-0.1, -0.05) is 44.2 Å². The Bertz CT molecular complexity index is 516. The standard InChI is InChI=1S/C17H25N3/c1-4-11-18-17-19-15(3)13-20(17)12-10-14(2)16-8-6-5-7-9-16/h5-9,13-14H,4,10-12H2,1-3H3,(H,18,19). The van der Waals surface area contributed by atoms with E-state index in [1.165, 1.54) is 5.56 Å². The van der Waals surface area contributed by atoms with Gasteiger partial charge in [0, 0.05) is 19.3 Å². The summed E-state index contributed by atoms with van der Waals surface area (Å²) in [6.45, 7) is 8.49. The van der Waals surface area contributed by atoms with Crippen LogP contribution in [0.3, 0.4) is 0 Å². The van der Waals surface area contributed by atoms with Crippen molar-refractivity contribution >= 4 is 5.95 Å². The summed E-state index contributed by atoms with van der Waals surface area (Å²) in [7, 11) is 0. The Labute approximate surface area is 122 Å². The first-order valence-electron chi connectivity index (χ1n) is 7.53. The highest BCUT2D eigenvalue weighted by Crippen LogP contribution is 2.20. The van der Waals surface area contributed by atoms with E-state index >= 15 is 0 Å². The number of aromatic nitrogens is 2. The summed E-state index contributed by atoms with van der Waals surface area (Å²) in [5, 5.41) is 3.40. The molecule has 1 atom stereocenters. The Balaban J connectivity index is 1.96. The zero-order valence-electron chi connectivity index (χ0n) is 12.8. The number of anilines is 1. The third-order valence-electron chi connectivity index (χ3n) is 3.60. The van der Waals surface area contributed by atoms with Gasteiger partial charge in [-0.25, -0.2) is 4.98 Å². The fourth-order valence-corrected chi connectivity index (χ4v) is 2.38. The molecule has 1 N–H and O–H groups in total. The van der Waals surface area contributed by atoms with Crippen LogP contribution >= 0.6 is 0 Å². The Kier molecular flexibility index (Phi) is 5.22. The Morgan fingerprint density at radius 3 is 2.70 bits per heavy atom. The fraction of sp³-hybridized carbons (Fsp3) is 0.471. The SMILES string of the molecule is CCCNc1nc(C)cn1CCC(C)c1ccccc1.